The number of hydrogen-bond acceptors (Lipinski definition) is 2. The molecule has 1 radical (unpaired) electrons. The summed E-state index contributed by atoms with van der Waals surface area (Å²) in [5, 5.41) is 10.8. The lowest BCUT2D eigenvalue weighted by atomic mass is 10.0. The summed E-state index contributed by atoms with van der Waals surface area (Å²) in [5.41, 5.74) is 2.65. The van der Waals surface area contributed by atoms with E-state index in [0.717, 1.165) is 11.1 Å². The molecule has 0 fully saturated rings. The molecule has 0 saturated heterocycles. The lowest BCUT2D eigenvalue weighted by Gasteiger charge is -2.02. The Morgan fingerprint density at radius 3 is 2.44 bits per heavy atom. The van der Waals surface area contributed by atoms with E-state index in [1.54, 1.807) is 31.2 Å². The van der Waals surface area contributed by atoms with Crippen molar-refractivity contribution in [1.29, 1.82) is 0 Å². The molecule has 0 spiro atoms. The fourth-order valence-electron chi connectivity index (χ4n) is 1.57. The lowest BCUT2D eigenvalue weighted by molar-refractivity contribution is -0.385. The third-order valence-corrected chi connectivity index (χ3v) is 2.46. The molecular weight excluding hydrogens is 202 g/mol. The molecule has 2 aromatic carbocycles. The van der Waals surface area contributed by atoms with Gasteiger partial charge in [-0.1, -0.05) is 36.4 Å². The van der Waals surface area contributed by atoms with Gasteiger partial charge in [0.15, 0.2) is 0 Å². The molecule has 3 heteroatoms. The maximum Gasteiger partial charge on any atom is 0.272 e. The second-order valence-corrected chi connectivity index (χ2v) is 3.55. The molecule has 0 heterocycles. The summed E-state index contributed by atoms with van der Waals surface area (Å²) in [7, 11) is 0. The maximum absolute atomic E-state index is 10.8. The molecule has 0 aliphatic rings. The summed E-state index contributed by atoms with van der Waals surface area (Å²) in [6, 6.07) is 15.5. The van der Waals surface area contributed by atoms with Gasteiger partial charge in [0.1, 0.15) is 0 Å². The van der Waals surface area contributed by atoms with Gasteiger partial charge in [0, 0.05) is 11.6 Å². The Morgan fingerprint density at radius 2 is 1.81 bits per heavy atom. The Labute approximate surface area is 93.5 Å². The molecule has 0 unspecified atom stereocenters. The molecule has 79 valence electrons. The highest BCUT2D eigenvalue weighted by Crippen LogP contribution is 2.26. The van der Waals surface area contributed by atoms with Crippen molar-refractivity contribution in [1.82, 2.24) is 0 Å². The summed E-state index contributed by atoms with van der Waals surface area (Å²) >= 11 is 0. The number of rotatable bonds is 2. The highest BCUT2D eigenvalue weighted by atomic mass is 16.6. The second-order valence-electron chi connectivity index (χ2n) is 3.55. The number of aryl methyl sites for hydroxylation is 1. The summed E-state index contributed by atoms with van der Waals surface area (Å²) in [6.07, 6.45) is 0. The molecule has 3 nitrogen and oxygen atoms in total. The highest BCUT2D eigenvalue weighted by Gasteiger charge is 2.11. The van der Waals surface area contributed by atoms with Crippen LogP contribution < -0.4 is 0 Å². The van der Waals surface area contributed by atoms with Gasteiger partial charge in [0.05, 0.1) is 4.92 Å². The van der Waals surface area contributed by atoms with Crippen LogP contribution in [-0.4, -0.2) is 4.92 Å². The van der Waals surface area contributed by atoms with Gasteiger partial charge in [-0.3, -0.25) is 10.1 Å². The first-order valence-corrected chi connectivity index (χ1v) is 4.90. The summed E-state index contributed by atoms with van der Waals surface area (Å²) < 4.78 is 0. The largest absolute Gasteiger partial charge is 0.272 e. The van der Waals surface area contributed by atoms with Crippen LogP contribution in [0.2, 0.25) is 0 Å². The first-order chi connectivity index (χ1) is 7.68. The van der Waals surface area contributed by atoms with Gasteiger partial charge in [0.2, 0.25) is 0 Å². The molecule has 0 aromatic heterocycles. The lowest BCUT2D eigenvalue weighted by Crippen LogP contribution is -1.91. The van der Waals surface area contributed by atoms with E-state index < -0.39 is 0 Å². The smallest absolute Gasteiger partial charge is 0.258 e. The van der Waals surface area contributed by atoms with Crippen LogP contribution in [0.5, 0.6) is 0 Å². The Bertz CT molecular complexity index is 521. The highest BCUT2D eigenvalue weighted by molar-refractivity contribution is 5.67. The van der Waals surface area contributed by atoms with E-state index >= 15 is 0 Å². The topological polar surface area (TPSA) is 43.1 Å². The Kier molecular flexibility index (Phi) is 2.68. The van der Waals surface area contributed by atoms with Crippen LogP contribution in [0.1, 0.15) is 5.56 Å². The molecule has 16 heavy (non-hydrogen) atoms. The van der Waals surface area contributed by atoms with Crippen LogP contribution in [-0.2, 0) is 0 Å². The van der Waals surface area contributed by atoms with E-state index in [2.05, 4.69) is 6.07 Å². The summed E-state index contributed by atoms with van der Waals surface area (Å²) in [5.74, 6) is 0. The summed E-state index contributed by atoms with van der Waals surface area (Å²) in [4.78, 5) is 10.5. The Hall–Kier alpha value is -2.16. The predicted molar refractivity (Wildman–Crippen MR) is 62.1 cm³/mol. The number of nitro benzene ring substituents is 1. The summed E-state index contributed by atoms with van der Waals surface area (Å²) in [6.45, 7) is 1.74. The van der Waals surface area contributed by atoms with E-state index in [-0.39, 0.29) is 10.6 Å². The Balaban J connectivity index is 2.52. The molecule has 2 aromatic rings. The van der Waals surface area contributed by atoms with Crippen molar-refractivity contribution in [3.05, 3.63) is 64.2 Å². The minimum absolute atomic E-state index is 0.158. The van der Waals surface area contributed by atoms with E-state index in [1.165, 1.54) is 0 Å². The SMILES string of the molecule is Cc1ccc(-c2cc[c]cc2)cc1[N+](=O)[O-]. The van der Waals surface area contributed by atoms with E-state index in [4.69, 9.17) is 0 Å². The molecule has 2 rings (SSSR count). The van der Waals surface area contributed by atoms with Gasteiger partial charge in [-0.25, -0.2) is 0 Å². The number of nitrogens with zero attached hydrogens (tertiary/aromatic N) is 1. The normalized spacial score (nSPS) is 10.1. The predicted octanol–water partition coefficient (Wildman–Crippen LogP) is 3.37. The zero-order valence-corrected chi connectivity index (χ0v) is 8.81. The quantitative estimate of drug-likeness (QED) is 0.565. The van der Waals surface area contributed by atoms with Crippen LogP contribution >= 0.6 is 0 Å². The van der Waals surface area contributed by atoms with Crippen molar-refractivity contribution in [2.45, 2.75) is 6.92 Å². The molecule has 0 atom stereocenters. The van der Waals surface area contributed by atoms with Crippen molar-refractivity contribution in [3.8, 4) is 11.1 Å². The number of benzene rings is 2. The van der Waals surface area contributed by atoms with E-state index in [9.17, 15) is 10.1 Å². The molecule has 0 bridgehead atoms. The second kappa shape index (κ2) is 4.14. The minimum atomic E-state index is -0.353. The molecule has 0 saturated carbocycles. The van der Waals surface area contributed by atoms with Crippen molar-refractivity contribution >= 4 is 5.69 Å². The van der Waals surface area contributed by atoms with Crippen molar-refractivity contribution in [2.24, 2.45) is 0 Å². The Morgan fingerprint density at radius 1 is 1.12 bits per heavy atom. The molecule has 0 aliphatic heterocycles. The average Bonchev–Trinajstić information content (AvgIpc) is 2.30. The number of nitro groups is 1. The van der Waals surface area contributed by atoms with Crippen LogP contribution in [0.15, 0.2) is 42.5 Å². The van der Waals surface area contributed by atoms with Crippen LogP contribution in [0.25, 0.3) is 11.1 Å². The standard InChI is InChI=1S/C13H10NO2/c1-10-7-8-12(9-13(10)14(15)16)11-5-3-2-4-6-11/h3-9H,1H3. The molecule has 0 N–H and O–H groups in total. The zero-order valence-electron chi connectivity index (χ0n) is 8.81. The third-order valence-electron chi connectivity index (χ3n) is 2.46. The number of hydrogen-bond donors (Lipinski definition) is 0. The zero-order chi connectivity index (χ0) is 11.5. The van der Waals surface area contributed by atoms with Gasteiger partial charge in [0.25, 0.3) is 5.69 Å². The minimum Gasteiger partial charge on any atom is -0.258 e. The fraction of sp³-hybridized carbons (Fsp3) is 0.0769. The molecule has 0 aliphatic carbocycles. The van der Waals surface area contributed by atoms with E-state index in [0.29, 0.717) is 5.56 Å². The van der Waals surface area contributed by atoms with Crippen molar-refractivity contribution in [3.63, 3.8) is 0 Å². The van der Waals surface area contributed by atoms with E-state index in [1.807, 2.05) is 18.2 Å². The van der Waals surface area contributed by atoms with Crippen LogP contribution in [0, 0.1) is 23.1 Å². The van der Waals surface area contributed by atoms with Gasteiger partial charge < -0.3 is 0 Å². The van der Waals surface area contributed by atoms with Gasteiger partial charge in [-0.05, 0) is 24.1 Å². The molecular formula is C13H10NO2. The monoisotopic (exact) mass is 212 g/mol. The van der Waals surface area contributed by atoms with Gasteiger partial charge in [-0.15, -0.1) is 0 Å². The van der Waals surface area contributed by atoms with Gasteiger partial charge >= 0.3 is 0 Å². The average molecular weight is 212 g/mol. The first kappa shape index (κ1) is 10.4. The third kappa shape index (κ3) is 1.93. The van der Waals surface area contributed by atoms with Crippen LogP contribution in [0.4, 0.5) is 5.69 Å². The maximum atomic E-state index is 10.8. The van der Waals surface area contributed by atoms with Crippen molar-refractivity contribution < 1.29 is 4.92 Å². The van der Waals surface area contributed by atoms with Crippen LogP contribution in [0.3, 0.4) is 0 Å². The van der Waals surface area contributed by atoms with Crippen molar-refractivity contribution in [2.75, 3.05) is 0 Å². The molecule has 0 amide bonds. The first-order valence-electron chi connectivity index (χ1n) is 4.90. The van der Waals surface area contributed by atoms with Gasteiger partial charge in [-0.2, -0.15) is 0 Å². The fourth-order valence-corrected chi connectivity index (χ4v) is 1.57.